The lowest BCUT2D eigenvalue weighted by Crippen LogP contribution is -2.38. The van der Waals surface area contributed by atoms with Crippen molar-refractivity contribution >= 4 is 27.9 Å². The summed E-state index contributed by atoms with van der Waals surface area (Å²) in [6.45, 7) is 2.85. The van der Waals surface area contributed by atoms with Crippen molar-refractivity contribution in [3.8, 4) is 5.75 Å². The zero-order valence-electron chi connectivity index (χ0n) is 11.7. The van der Waals surface area contributed by atoms with Gasteiger partial charge in [0, 0.05) is 23.0 Å². The van der Waals surface area contributed by atoms with E-state index in [1.807, 2.05) is 12.1 Å². The summed E-state index contributed by atoms with van der Waals surface area (Å²) < 4.78 is 11.3. The third-order valence-corrected chi connectivity index (χ3v) is 3.42. The van der Waals surface area contributed by atoms with Crippen molar-refractivity contribution in [2.75, 3.05) is 19.8 Å². The third-order valence-electron chi connectivity index (χ3n) is 2.96. The first-order valence-corrected chi connectivity index (χ1v) is 7.51. The maximum atomic E-state index is 11.6. The van der Waals surface area contributed by atoms with Crippen LogP contribution in [0.2, 0.25) is 0 Å². The van der Waals surface area contributed by atoms with Crippen molar-refractivity contribution in [1.29, 1.82) is 0 Å². The summed E-state index contributed by atoms with van der Waals surface area (Å²) >= 11 is 3.44. The minimum Gasteiger partial charge on any atom is -0.493 e. The smallest absolute Gasteiger partial charge is 0.325 e. The highest BCUT2D eigenvalue weighted by Gasteiger charge is 2.17. The largest absolute Gasteiger partial charge is 0.493 e. The number of nitrogens with one attached hydrogen (secondary N) is 2. The molecular formula is C14H17BrN2O4. The van der Waals surface area contributed by atoms with Crippen molar-refractivity contribution in [3.05, 3.63) is 27.7 Å². The molecule has 1 aromatic rings. The molecule has 0 saturated heterocycles. The van der Waals surface area contributed by atoms with E-state index in [1.54, 1.807) is 6.92 Å². The lowest BCUT2D eigenvalue weighted by molar-refractivity contribution is -0.141. The third kappa shape index (κ3) is 4.35. The number of hydrogen-bond acceptors (Lipinski definition) is 4. The maximum absolute atomic E-state index is 11.6. The first-order chi connectivity index (χ1) is 10.1. The van der Waals surface area contributed by atoms with Crippen LogP contribution in [0.4, 0.5) is 4.79 Å². The molecule has 0 aliphatic carbocycles. The summed E-state index contributed by atoms with van der Waals surface area (Å²) in [6, 6.07) is 3.51. The maximum Gasteiger partial charge on any atom is 0.325 e. The number of amides is 2. The molecule has 0 fully saturated rings. The summed E-state index contributed by atoms with van der Waals surface area (Å²) in [6.07, 6.45) is 0.872. The molecule has 6 nitrogen and oxygen atoms in total. The molecular weight excluding hydrogens is 340 g/mol. The fourth-order valence-electron chi connectivity index (χ4n) is 2.08. The van der Waals surface area contributed by atoms with Gasteiger partial charge in [-0.3, -0.25) is 4.79 Å². The zero-order chi connectivity index (χ0) is 15.2. The van der Waals surface area contributed by atoms with Crippen LogP contribution in [0.5, 0.6) is 5.75 Å². The van der Waals surface area contributed by atoms with Crippen LogP contribution in [0, 0.1) is 0 Å². The van der Waals surface area contributed by atoms with Crippen LogP contribution >= 0.6 is 15.9 Å². The predicted molar refractivity (Wildman–Crippen MR) is 80.2 cm³/mol. The topological polar surface area (TPSA) is 76.7 Å². The highest BCUT2D eigenvalue weighted by atomic mass is 79.9. The normalized spacial score (nSPS) is 12.3. The van der Waals surface area contributed by atoms with E-state index in [9.17, 15) is 9.59 Å². The molecule has 0 bridgehead atoms. The van der Waals surface area contributed by atoms with E-state index in [0.717, 1.165) is 27.8 Å². The van der Waals surface area contributed by atoms with Crippen molar-refractivity contribution < 1.29 is 19.1 Å². The Morgan fingerprint density at radius 2 is 2.19 bits per heavy atom. The summed E-state index contributed by atoms with van der Waals surface area (Å²) in [5.41, 5.74) is 2.04. The number of ether oxygens (including phenoxy) is 2. The quantitative estimate of drug-likeness (QED) is 0.788. The van der Waals surface area contributed by atoms with Crippen LogP contribution < -0.4 is 15.4 Å². The van der Waals surface area contributed by atoms with Crippen LogP contribution in [-0.4, -0.2) is 31.8 Å². The fraction of sp³-hybridized carbons (Fsp3) is 0.429. The van der Waals surface area contributed by atoms with E-state index in [2.05, 4.69) is 26.6 Å². The number of halogens is 1. The lowest BCUT2D eigenvalue weighted by Gasteiger charge is -2.11. The molecule has 1 aliphatic rings. The van der Waals surface area contributed by atoms with Gasteiger partial charge in [0.1, 0.15) is 12.3 Å². The lowest BCUT2D eigenvalue weighted by atomic mass is 10.1. The molecule has 0 atom stereocenters. The molecule has 0 saturated carbocycles. The second kappa shape index (κ2) is 7.31. The molecule has 1 aliphatic heterocycles. The van der Waals surface area contributed by atoms with Crippen LogP contribution in [0.1, 0.15) is 18.1 Å². The second-order valence-corrected chi connectivity index (χ2v) is 5.41. The Labute approximate surface area is 131 Å². The van der Waals surface area contributed by atoms with Crippen LogP contribution in [0.3, 0.4) is 0 Å². The number of carbonyl (C=O) groups is 2. The fourth-order valence-corrected chi connectivity index (χ4v) is 2.63. The molecule has 1 aromatic carbocycles. The van der Waals surface area contributed by atoms with Gasteiger partial charge >= 0.3 is 12.0 Å². The Bertz CT molecular complexity index is 548. The Morgan fingerprint density at radius 1 is 1.38 bits per heavy atom. The number of urea groups is 1. The molecule has 1 heterocycles. The Morgan fingerprint density at radius 3 is 2.95 bits per heavy atom. The van der Waals surface area contributed by atoms with Gasteiger partial charge < -0.3 is 20.1 Å². The van der Waals surface area contributed by atoms with Gasteiger partial charge in [-0.1, -0.05) is 15.9 Å². The van der Waals surface area contributed by atoms with Crippen molar-refractivity contribution in [2.24, 2.45) is 0 Å². The summed E-state index contributed by atoms with van der Waals surface area (Å²) in [4.78, 5) is 22.8. The van der Waals surface area contributed by atoms with E-state index in [0.29, 0.717) is 19.8 Å². The van der Waals surface area contributed by atoms with E-state index < -0.39 is 12.0 Å². The molecule has 0 unspecified atom stereocenters. The highest BCUT2D eigenvalue weighted by molar-refractivity contribution is 9.10. The van der Waals surface area contributed by atoms with Gasteiger partial charge in [-0.25, -0.2) is 4.79 Å². The van der Waals surface area contributed by atoms with Crippen LogP contribution in [-0.2, 0) is 22.5 Å². The first-order valence-electron chi connectivity index (χ1n) is 6.71. The number of esters is 1. The van der Waals surface area contributed by atoms with Crippen molar-refractivity contribution in [2.45, 2.75) is 19.9 Å². The molecule has 114 valence electrons. The van der Waals surface area contributed by atoms with Gasteiger partial charge in [-0.2, -0.15) is 0 Å². The highest BCUT2D eigenvalue weighted by Crippen LogP contribution is 2.32. The summed E-state index contributed by atoms with van der Waals surface area (Å²) in [5.74, 6) is 0.378. The average Bonchev–Trinajstić information content (AvgIpc) is 2.91. The van der Waals surface area contributed by atoms with Gasteiger partial charge in [0.05, 0.1) is 13.2 Å². The molecule has 7 heteroatoms. The number of carbonyl (C=O) groups excluding carboxylic acids is 2. The van der Waals surface area contributed by atoms with Crippen LogP contribution in [0.15, 0.2) is 16.6 Å². The molecule has 0 spiro atoms. The minimum absolute atomic E-state index is 0.146. The second-order valence-electron chi connectivity index (χ2n) is 4.49. The summed E-state index contributed by atoms with van der Waals surface area (Å²) in [5, 5.41) is 5.14. The Kier molecular flexibility index (Phi) is 5.44. The van der Waals surface area contributed by atoms with Gasteiger partial charge in [0.15, 0.2) is 0 Å². The van der Waals surface area contributed by atoms with Crippen LogP contribution in [0.25, 0.3) is 0 Å². The molecule has 2 N–H and O–H groups in total. The van der Waals surface area contributed by atoms with E-state index >= 15 is 0 Å². The molecule has 0 aromatic heterocycles. The summed E-state index contributed by atoms with van der Waals surface area (Å²) in [7, 11) is 0. The number of benzene rings is 1. The molecule has 0 radical (unpaired) electrons. The Balaban J connectivity index is 1.86. The molecule has 2 rings (SSSR count). The number of fused-ring (bicyclic) bond motifs is 1. The Hall–Kier alpha value is -1.76. The number of hydrogen-bond donors (Lipinski definition) is 2. The number of rotatable bonds is 5. The van der Waals surface area contributed by atoms with Gasteiger partial charge in [0.25, 0.3) is 0 Å². The predicted octanol–water partition coefficient (Wildman–Crippen LogP) is 1.75. The average molecular weight is 357 g/mol. The minimum atomic E-state index is -0.459. The SMILES string of the molecule is CCOC(=O)CNC(=O)NCc1cc(Br)cc2c1OCC2. The molecule has 2 amide bonds. The zero-order valence-corrected chi connectivity index (χ0v) is 13.3. The van der Waals surface area contributed by atoms with Gasteiger partial charge in [-0.15, -0.1) is 0 Å². The van der Waals surface area contributed by atoms with Crippen molar-refractivity contribution in [1.82, 2.24) is 10.6 Å². The first kappa shape index (κ1) is 15.6. The monoisotopic (exact) mass is 356 g/mol. The van der Waals surface area contributed by atoms with Gasteiger partial charge in [-0.05, 0) is 24.6 Å². The van der Waals surface area contributed by atoms with E-state index in [-0.39, 0.29) is 6.54 Å². The van der Waals surface area contributed by atoms with Crippen molar-refractivity contribution in [3.63, 3.8) is 0 Å². The standard InChI is InChI=1S/C14H17BrN2O4/c1-2-20-12(18)8-17-14(19)16-7-10-6-11(15)5-9-3-4-21-13(9)10/h5-6H,2-4,7-8H2,1H3,(H2,16,17,19). The van der Waals surface area contributed by atoms with Gasteiger partial charge in [0.2, 0.25) is 0 Å². The molecule has 21 heavy (non-hydrogen) atoms. The van der Waals surface area contributed by atoms with E-state index in [4.69, 9.17) is 9.47 Å². The van der Waals surface area contributed by atoms with E-state index in [1.165, 1.54) is 0 Å².